The Morgan fingerprint density at radius 2 is 2.00 bits per heavy atom. The number of carbonyl (C=O) groups is 1. The van der Waals surface area contributed by atoms with Crippen molar-refractivity contribution in [1.29, 1.82) is 0 Å². The zero-order valence-electron chi connectivity index (χ0n) is 10.00. The van der Waals surface area contributed by atoms with Gasteiger partial charge in [-0.05, 0) is 37.1 Å². The third-order valence-corrected chi connectivity index (χ3v) is 2.72. The number of urea groups is 1. The van der Waals surface area contributed by atoms with Crippen LogP contribution >= 0.6 is 0 Å². The maximum Gasteiger partial charge on any atom is 0.335 e. The Hall–Kier alpha value is -1.75. The smallest absolute Gasteiger partial charge is 0.335 e. The number of benzene rings is 1. The minimum Gasteiger partial charge on any atom is -0.496 e. The number of rotatable bonds is 2. The van der Waals surface area contributed by atoms with Crippen molar-refractivity contribution in [2.24, 2.45) is 5.84 Å². The molecule has 0 spiro atoms. The zero-order valence-corrected chi connectivity index (χ0v) is 10.00. The van der Waals surface area contributed by atoms with Gasteiger partial charge in [-0.2, -0.15) is 0 Å². The van der Waals surface area contributed by atoms with Gasteiger partial charge < -0.3 is 4.74 Å². The molecule has 0 radical (unpaired) electrons. The minimum atomic E-state index is -0.354. The molecule has 1 aromatic carbocycles. The molecule has 16 heavy (non-hydrogen) atoms. The summed E-state index contributed by atoms with van der Waals surface area (Å²) in [4.78, 5) is 12.8. The van der Waals surface area contributed by atoms with Crippen molar-refractivity contribution >= 4 is 11.7 Å². The highest BCUT2D eigenvalue weighted by Gasteiger charge is 2.14. The molecule has 1 rings (SSSR count). The molecule has 0 aromatic heterocycles. The molecule has 5 nitrogen and oxygen atoms in total. The number of methoxy groups -OCH3 is 1. The van der Waals surface area contributed by atoms with Gasteiger partial charge >= 0.3 is 6.03 Å². The molecular weight excluding hydrogens is 206 g/mol. The molecular formula is C11H17N3O2. The zero-order chi connectivity index (χ0) is 12.3. The van der Waals surface area contributed by atoms with Crippen molar-refractivity contribution in [3.8, 4) is 5.75 Å². The van der Waals surface area contributed by atoms with Crippen LogP contribution < -0.4 is 20.9 Å². The summed E-state index contributed by atoms with van der Waals surface area (Å²) in [6.45, 7) is 3.89. The molecule has 0 heterocycles. The van der Waals surface area contributed by atoms with Gasteiger partial charge in [0.15, 0.2) is 0 Å². The number of anilines is 1. The van der Waals surface area contributed by atoms with Gasteiger partial charge in [-0.25, -0.2) is 10.6 Å². The van der Waals surface area contributed by atoms with Crippen LogP contribution in [0.2, 0.25) is 0 Å². The molecule has 0 fully saturated rings. The van der Waals surface area contributed by atoms with Gasteiger partial charge in [0, 0.05) is 12.7 Å². The molecule has 2 amide bonds. The van der Waals surface area contributed by atoms with Crippen molar-refractivity contribution in [2.75, 3.05) is 19.1 Å². The Kier molecular flexibility index (Phi) is 3.73. The van der Waals surface area contributed by atoms with Crippen LogP contribution in [0.4, 0.5) is 10.5 Å². The first-order valence-corrected chi connectivity index (χ1v) is 4.91. The van der Waals surface area contributed by atoms with E-state index in [1.165, 1.54) is 4.90 Å². The fourth-order valence-electron chi connectivity index (χ4n) is 1.57. The van der Waals surface area contributed by atoms with Crippen LogP contribution in [0, 0.1) is 13.8 Å². The quantitative estimate of drug-likeness (QED) is 0.451. The van der Waals surface area contributed by atoms with E-state index in [1.807, 2.05) is 26.0 Å². The number of hydrogen-bond donors (Lipinski definition) is 2. The first-order chi connectivity index (χ1) is 7.52. The average molecular weight is 223 g/mol. The van der Waals surface area contributed by atoms with Gasteiger partial charge in [-0.15, -0.1) is 0 Å². The van der Waals surface area contributed by atoms with Crippen molar-refractivity contribution in [1.82, 2.24) is 5.43 Å². The van der Waals surface area contributed by atoms with Gasteiger partial charge in [0.1, 0.15) is 5.75 Å². The van der Waals surface area contributed by atoms with Gasteiger partial charge in [0.25, 0.3) is 0 Å². The van der Waals surface area contributed by atoms with Gasteiger partial charge in [0.05, 0.1) is 7.11 Å². The van der Waals surface area contributed by atoms with Crippen LogP contribution in [0.1, 0.15) is 11.1 Å². The van der Waals surface area contributed by atoms with E-state index in [0.29, 0.717) is 0 Å². The molecule has 0 saturated carbocycles. The molecule has 3 N–H and O–H groups in total. The van der Waals surface area contributed by atoms with E-state index in [-0.39, 0.29) is 6.03 Å². The normalized spacial score (nSPS) is 9.81. The SMILES string of the molecule is COc1ccc(N(C)C(=O)NN)c(C)c1C. The number of hydrazine groups is 1. The number of hydrogen-bond acceptors (Lipinski definition) is 3. The molecule has 1 aromatic rings. The number of nitrogens with one attached hydrogen (secondary N) is 1. The fraction of sp³-hybridized carbons (Fsp3) is 0.364. The third-order valence-electron chi connectivity index (χ3n) is 2.72. The van der Waals surface area contributed by atoms with Crippen LogP contribution in [0.5, 0.6) is 5.75 Å². The molecule has 0 saturated heterocycles. The summed E-state index contributed by atoms with van der Waals surface area (Å²) in [6, 6.07) is 3.31. The molecule has 0 unspecified atom stereocenters. The molecule has 0 atom stereocenters. The summed E-state index contributed by atoms with van der Waals surface area (Å²) in [7, 11) is 3.29. The molecule has 88 valence electrons. The van der Waals surface area contributed by atoms with E-state index in [0.717, 1.165) is 22.6 Å². The van der Waals surface area contributed by atoms with E-state index < -0.39 is 0 Å². The van der Waals surface area contributed by atoms with Crippen molar-refractivity contribution < 1.29 is 9.53 Å². The van der Waals surface area contributed by atoms with Gasteiger partial charge in [-0.3, -0.25) is 10.3 Å². The van der Waals surface area contributed by atoms with Gasteiger partial charge in [-0.1, -0.05) is 0 Å². The molecule has 0 bridgehead atoms. The number of amides is 2. The lowest BCUT2D eigenvalue weighted by molar-refractivity contribution is 0.247. The van der Waals surface area contributed by atoms with Crippen LogP contribution in [-0.2, 0) is 0 Å². The van der Waals surface area contributed by atoms with Crippen LogP contribution in [0.3, 0.4) is 0 Å². The van der Waals surface area contributed by atoms with E-state index in [1.54, 1.807) is 14.2 Å². The highest BCUT2D eigenvalue weighted by molar-refractivity contribution is 5.92. The van der Waals surface area contributed by atoms with Crippen molar-refractivity contribution in [3.05, 3.63) is 23.3 Å². The number of nitrogens with two attached hydrogens (primary N) is 1. The second-order valence-electron chi connectivity index (χ2n) is 3.55. The highest BCUT2D eigenvalue weighted by atomic mass is 16.5. The number of carbonyl (C=O) groups excluding carboxylic acids is 1. The summed E-state index contributed by atoms with van der Waals surface area (Å²) >= 11 is 0. The van der Waals surface area contributed by atoms with Crippen LogP contribution in [-0.4, -0.2) is 20.2 Å². The van der Waals surface area contributed by atoms with Crippen molar-refractivity contribution in [3.63, 3.8) is 0 Å². The van der Waals surface area contributed by atoms with Crippen LogP contribution in [0.15, 0.2) is 12.1 Å². The molecule has 5 heteroatoms. The standard InChI is InChI=1S/C11H17N3O2/c1-7-8(2)10(16-4)6-5-9(7)14(3)11(15)13-12/h5-6H,12H2,1-4H3,(H,13,15). The summed E-state index contributed by atoms with van der Waals surface area (Å²) in [5.74, 6) is 5.90. The summed E-state index contributed by atoms with van der Waals surface area (Å²) in [5, 5.41) is 0. The summed E-state index contributed by atoms with van der Waals surface area (Å²) < 4.78 is 5.20. The monoisotopic (exact) mass is 223 g/mol. The Morgan fingerprint density at radius 1 is 1.38 bits per heavy atom. The maximum absolute atomic E-state index is 11.4. The van der Waals surface area contributed by atoms with Crippen LogP contribution in [0.25, 0.3) is 0 Å². The lowest BCUT2D eigenvalue weighted by Gasteiger charge is -2.20. The predicted molar refractivity (Wildman–Crippen MR) is 63.6 cm³/mol. The molecule has 0 aliphatic rings. The Bertz CT molecular complexity index is 404. The second kappa shape index (κ2) is 4.85. The largest absolute Gasteiger partial charge is 0.496 e. The minimum absolute atomic E-state index is 0.354. The maximum atomic E-state index is 11.4. The number of ether oxygens (including phenoxy) is 1. The van der Waals surface area contributed by atoms with E-state index in [9.17, 15) is 4.79 Å². The second-order valence-corrected chi connectivity index (χ2v) is 3.55. The Balaban J connectivity index is 3.17. The predicted octanol–water partition coefficient (Wildman–Crippen LogP) is 1.33. The first-order valence-electron chi connectivity index (χ1n) is 4.91. The van der Waals surface area contributed by atoms with Gasteiger partial charge in [0.2, 0.25) is 0 Å². The molecule has 0 aliphatic carbocycles. The summed E-state index contributed by atoms with van der Waals surface area (Å²) in [5.41, 5.74) is 4.90. The lowest BCUT2D eigenvalue weighted by Crippen LogP contribution is -2.41. The molecule has 0 aliphatic heterocycles. The average Bonchev–Trinajstić information content (AvgIpc) is 2.30. The Morgan fingerprint density at radius 3 is 2.50 bits per heavy atom. The topological polar surface area (TPSA) is 67.6 Å². The summed E-state index contributed by atoms with van der Waals surface area (Å²) in [6.07, 6.45) is 0. The number of nitrogens with zero attached hydrogens (tertiary/aromatic N) is 1. The highest BCUT2D eigenvalue weighted by Crippen LogP contribution is 2.29. The van der Waals surface area contributed by atoms with Crippen molar-refractivity contribution in [2.45, 2.75) is 13.8 Å². The Labute approximate surface area is 95.2 Å². The van der Waals surface area contributed by atoms with E-state index in [2.05, 4.69) is 5.43 Å². The van der Waals surface area contributed by atoms with E-state index in [4.69, 9.17) is 10.6 Å². The van der Waals surface area contributed by atoms with E-state index >= 15 is 0 Å². The fourth-order valence-corrected chi connectivity index (χ4v) is 1.57. The lowest BCUT2D eigenvalue weighted by atomic mass is 10.1. The third kappa shape index (κ3) is 2.09. The first kappa shape index (κ1) is 12.3.